The Balaban J connectivity index is 1.94. The van der Waals surface area contributed by atoms with Gasteiger partial charge in [-0.15, -0.1) is 0 Å². The van der Waals surface area contributed by atoms with E-state index in [9.17, 15) is 22.9 Å². The summed E-state index contributed by atoms with van der Waals surface area (Å²) in [6.07, 6.45) is 1.78. The summed E-state index contributed by atoms with van der Waals surface area (Å²) in [4.78, 5) is 10.4. The second-order valence-electron chi connectivity index (χ2n) is 7.51. The van der Waals surface area contributed by atoms with Crippen LogP contribution >= 0.6 is 0 Å². The average molecular weight is 444 g/mol. The van der Waals surface area contributed by atoms with Gasteiger partial charge in [-0.05, 0) is 55.7 Å². The van der Waals surface area contributed by atoms with Gasteiger partial charge in [-0.25, -0.2) is 17.5 Å². The van der Waals surface area contributed by atoms with Crippen LogP contribution in [0.5, 0.6) is 0 Å². The van der Waals surface area contributed by atoms with E-state index in [-0.39, 0.29) is 23.4 Å². The van der Waals surface area contributed by atoms with Crippen LogP contribution in [-0.2, 0) is 23.0 Å². The number of nitriles is 1. The zero-order valence-electron chi connectivity index (χ0n) is 17.2. The molecule has 0 aliphatic rings. The standard InChI is InChI=1S/C21H21FN4O4S/c1-13-8-14(2)21(20(9-13)26(27)28)31(29,30)24-15(3)11-25-12-16(6-7-23)18-10-17(22)4-5-19(18)25/h4-5,8-10,12,15,24H,6,11H2,1-3H3/t15-/m0/s1. The molecular formula is C21H21FN4O4S. The first-order valence-corrected chi connectivity index (χ1v) is 10.9. The first-order valence-electron chi connectivity index (χ1n) is 9.45. The van der Waals surface area contributed by atoms with Crippen molar-refractivity contribution in [2.75, 3.05) is 0 Å². The van der Waals surface area contributed by atoms with E-state index in [1.807, 2.05) is 6.07 Å². The van der Waals surface area contributed by atoms with Crippen LogP contribution in [0.15, 0.2) is 41.4 Å². The number of sulfonamides is 1. The lowest BCUT2D eigenvalue weighted by Crippen LogP contribution is -2.36. The molecule has 0 amide bonds. The van der Waals surface area contributed by atoms with E-state index in [0.717, 1.165) is 0 Å². The fourth-order valence-electron chi connectivity index (χ4n) is 3.79. The molecule has 31 heavy (non-hydrogen) atoms. The number of fused-ring (bicyclic) bond motifs is 1. The van der Waals surface area contributed by atoms with Crippen molar-refractivity contribution in [3.63, 3.8) is 0 Å². The molecule has 0 radical (unpaired) electrons. The second kappa shape index (κ2) is 8.45. The first-order chi connectivity index (χ1) is 14.5. The van der Waals surface area contributed by atoms with Gasteiger partial charge in [-0.3, -0.25) is 10.1 Å². The summed E-state index contributed by atoms with van der Waals surface area (Å²) in [7, 11) is -4.18. The molecule has 0 saturated carbocycles. The van der Waals surface area contributed by atoms with Crippen molar-refractivity contribution >= 4 is 26.6 Å². The fourth-order valence-corrected chi connectivity index (χ4v) is 5.41. The predicted octanol–water partition coefficient (Wildman–Crippen LogP) is 3.74. The number of hydrogen-bond acceptors (Lipinski definition) is 5. The molecule has 0 aliphatic carbocycles. The normalized spacial score (nSPS) is 12.6. The summed E-state index contributed by atoms with van der Waals surface area (Å²) >= 11 is 0. The Hall–Kier alpha value is -3.29. The number of benzene rings is 2. The van der Waals surface area contributed by atoms with Gasteiger partial charge < -0.3 is 4.57 Å². The minimum Gasteiger partial charge on any atom is -0.346 e. The van der Waals surface area contributed by atoms with E-state index in [4.69, 9.17) is 5.26 Å². The van der Waals surface area contributed by atoms with E-state index >= 15 is 0 Å². The summed E-state index contributed by atoms with van der Waals surface area (Å²) in [6.45, 7) is 4.99. The monoisotopic (exact) mass is 444 g/mol. The SMILES string of the molecule is Cc1cc(C)c(S(=O)(=O)N[C@@H](C)Cn2cc(CC#N)c3cc(F)ccc32)c([N+](=O)[O-])c1. The van der Waals surface area contributed by atoms with Crippen LogP contribution in [-0.4, -0.2) is 24.0 Å². The Morgan fingerprint density at radius 1 is 1.29 bits per heavy atom. The van der Waals surface area contributed by atoms with Gasteiger partial charge in [0, 0.05) is 35.8 Å². The number of hydrogen-bond donors (Lipinski definition) is 1. The van der Waals surface area contributed by atoms with Gasteiger partial charge in [-0.2, -0.15) is 5.26 Å². The van der Waals surface area contributed by atoms with Crippen LogP contribution in [0.2, 0.25) is 0 Å². The molecule has 1 atom stereocenters. The Morgan fingerprint density at radius 3 is 2.65 bits per heavy atom. The second-order valence-corrected chi connectivity index (χ2v) is 9.16. The smallest absolute Gasteiger partial charge is 0.289 e. The largest absolute Gasteiger partial charge is 0.346 e. The van der Waals surface area contributed by atoms with Crippen LogP contribution in [0.3, 0.4) is 0 Å². The molecule has 3 aromatic rings. The Morgan fingerprint density at radius 2 is 2.00 bits per heavy atom. The van der Waals surface area contributed by atoms with Gasteiger partial charge in [0.05, 0.1) is 17.4 Å². The van der Waals surface area contributed by atoms with Gasteiger partial charge in [0.1, 0.15) is 5.82 Å². The molecule has 3 rings (SSSR count). The van der Waals surface area contributed by atoms with Crippen LogP contribution in [0, 0.1) is 41.1 Å². The number of halogens is 1. The summed E-state index contributed by atoms with van der Waals surface area (Å²) in [5, 5.41) is 21.1. The number of nitro benzene ring substituents is 1. The molecular weight excluding hydrogens is 423 g/mol. The van der Waals surface area contributed by atoms with Crippen molar-refractivity contribution < 1.29 is 17.7 Å². The maximum absolute atomic E-state index is 13.7. The van der Waals surface area contributed by atoms with Gasteiger partial charge in [-0.1, -0.05) is 6.07 Å². The molecule has 162 valence electrons. The summed E-state index contributed by atoms with van der Waals surface area (Å²) < 4.78 is 43.9. The van der Waals surface area contributed by atoms with Gasteiger partial charge >= 0.3 is 0 Å². The topological polar surface area (TPSA) is 118 Å². The summed E-state index contributed by atoms with van der Waals surface area (Å²) in [5.74, 6) is -0.430. The van der Waals surface area contributed by atoms with E-state index in [2.05, 4.69) is 4.72 Å². The first kappa shape index (κ1) is 22.4. The highest BCUT2D eigenvalue weighted by molar-refractivity contribution is 7.89. The van der Waals surface area contributed by atoms with E-state index in [1.165, 1.54) is 25.1 Å². The Bertz CT molecular complexity index is 1330. The quantitative estimate of drug-likeness (QED) is 0.440. The molecule has 8 nitrogen and oxygen atoms in total. The molecule has 1 heterocycles. The summed E-state index contributed by atoms with van der Waals surface area (Å²) in [6, 6.07) is 8.41. The van der Waals surface area contributed by atoms with Crippen LogP contribution in [0.25, 0.3) is 10.9 Å². The van der Waals surface area contributed by atoms with Crippen molar-refractivity contribution in [1.29, 1.82) is 5.26 Å². The molecule has 0 unspecified atom stereocenters. The third kappa shape index (κ3) is 4.57. The molecule has 10 heteroatoms. The Kier molecular flexibility index (Phi) is 6.10. The average Bonchev–Trinajstić information content (AvgIpc) is 2.96. The number of nitrogens with zero attached hydrogens (tertiary/aromatic N) is 3. The van der Waals surface area contributed by atoms with Crippen LogP contribution < -0.4 is 4.72 Å². The third-order valence-corrected chi connectivity index (χ3v) is 6.67. The van der Waals surface area contributed by atoms with E-state index in [0.29, 0.717) is 22.0 Å². The third-order valence-electron chi connectivity index (χ3n) is 4.89. The number of aromatic nitrogens is 1. The Labute approximate surface area is 179 Å². The van der Waals surface area contributed by atoms with E-state index in [1.54, 1.807) is 36.7 Å². The minimum atomic E-state index is -4.18. The molecule has 0 fully saturated rings. The number of aryl methyl sites for hydroxylation is 2. The lowest BCUT2D eigenvalue weighted by Gasteiger charge is -2.17. The lowest BCUT2D eigenvalue weighted by molar-refractivity contribution is -0.388. The molecule has 1 aromatic heterocycles. The number of nitrogens with one attached hydrogen (secondary N) is 1. The van der Waals surface area contributed by atoms with Crippen molar-refractivity contribution in [3.05, 3.63) is 69.2 Å². The zero-order valence-corrected chi connectivity index (χ0v) is 18.0. The highest BCUT2D eigenvalue weighted by Crippen LogP contribution is 2.29. The number of rotatable bonds is 7. The van der Waals surface area contributed by atoms with E-state index < -0.39 is 32.5 Å². The minimum absolute atomic E-state index is 0.0851. The van der Waals surface area contributed by atoms with Gasteiger partial charge in [0.25, 0.3) is 5.69 Å². The highest BCUT2D eigenvalue weighted by Gasteiger charge is 2.30. The van der Waals surface area contributed by atoms with Crippen molar-refractivity contribution in [2.24, 2.45) is 0 Å². The van der Waals surface area contributed by atoms with Crippen LogP contribution in [0.4, 0.5) is 10.1 Å². The predicted molar refractivity (Wildman–Crippen MR) is 114 cm³/mol. The van der Waals surface area contributed by atoms with Crippen LogP contribution in [0.1, 0.15) is 23.6 Å². The highest BCUT2D eigenvalue weighted by atomic mass is 32.2. The van der Waals surface area contributed by atoms with Gasteiger partial charge in [0.2, 0.25) is 10.0 Å². The lowest BCUT2D eigenvalue weighted by atomic mass is 10.1. The maximum Gasteiger partial charge on any atom is 0.289 e. The number of nitro groups is 1. The van der Waals surface area contributed by atoms with Crippen molar-refractivity contribution in [3.8, 4) is 6.07 Å². The zero-order chi connectivity index (χ0) is 22.9. The maximum atomic E-state index is 13.7. The van der Waals surface area contributed by atoms with Crippen molar-refractivity contribution in [1.82, 2.24) is 9.29 Å². The summed E-state index contributed by atoms with van der Waals surface area (Å²) in [5.41, 5.74) is 1.69. The fraction of sp³-hybridized carbons (Fsp3) is 0.286. The van der Waals surface area contributed by atoms with Crippen molar-refractivity contribution in [2.45, 2.75) is 44.7 Å². The molecule has 0 saturated heterocycles. The molecule has 0 aliphatic heterocycles. The molecule has 2 aromatic carbocycles. The molecule has 1 N–H and O–H groups in total. The molecule has 0 bridgehead atoms. The van der Waals surface area contributed by atoms with Gasteiger partial charge in [0.15, 0.2) is 4.90 Å². The molecule has 0 spiro atoms.